The van der Waals surface area contributed by atoms with E-state index in [9.17, 15) is 9.90 Å². The van der Waals surface area contributed by atoms with Gasteiger partial charge in [0.2, 0.25) is 5.91 Å². The summed E-state index contributed by atoms with van der Waals surface area (Å²) in [6.07, 6.45) is -0.0767. The van der Waals surface area contributed by atoms with Crippen molar-refractivity contribution in [1.29, 1.82) is 0 Å². The second-order valence-corrected chi connectivity index (χ2v) is 5.01. The molecule has 1 fully saturated rings. The van der Waals surface area contributed by atoms with E-state index < -0.39 is 6.10 Å². The fourth-order valence-corrected chi connectivity index (χ4v) is 2.50. The summed E-state index contributed by atoms with van der Waals surface area (Å²) in [6.45, 7) is 1.96. The summed E-state index contributed by atoms with van der Waals surface area (Å²) in [5.74, 6) is 0.0565. The number of rotatable bonds is 5. The molecule has 1 aromatic carbocycles. The molecule has 2 atom stereocenters. The molecular weight excluding hydrogens is 292 g/mol. The maximum absolute atomic E-state index is 12.1. The van der Waals surface area contributed by atoms with Gasteiger partial charge in [-0.3, -0.25) is 4.79 Å². The first-order valence-electron chi connectivity index (χ1n) is 6.97. The predicted octanol–water partition coefficient (Wildman–Crippen LogP) is 0.979. The summed E-state index contributed by atoms with van der Waals surface area (Å²) in [5.41, 5.74) is 0.874. The van der Waals surface area contributed by atoms with Crippen LogP contribution in [0.2, 0.25) is 0 Å². The number of carbonyl (C=O) groups excluding carboxylic acids is 1. The smallest absolute Gasteiger partial charge is 0.236 e. The minimum Gasteiger partial charge on any atom is -0.388 e. The average molecular weight is 315 g/mol. The first-order valence-corrected chi connectivity index (χ1v) is 6.97. The van der Waals surface area contributed by atoms with Crippen molar-refractivity contribution in [3.63, 3.8) is 0 Å². The Morgan fingerprint density at radius 3 is 2.86 bits per heavy atom. The molecular formula is C15H23ClN2O3. The number of aliphatic hydroxyl groups excluding tert-OH is 1. The zero-order chi connectivity index (χ0) is 14.4. The van der Waals surface area contributed by atoms with Crippen molar-refractivity contribution in [1.82, 2.24) is 10.2 Å². The molecule has 6 heteroatoms. The van der Waals surface area contributed by atoms with Crippen LogP contribution in [0, 0.1) is 0 Å². The second-order valence-electron chi connectivity index (χ2n) is 5.01. The van der Waals surface area contributed by atoms with Crippen LogP contribution in [0.15, 0.2) is 30.3 Å². The zero-order valence-corrected chi connectivity index (χ0v) is 13.0. The molecule has 1 aliphatic rings. The number of hydrogen-bond donors (Lipinski definition) is 2. The number of benzene rings is 1. The van der Waals surface area contributed by atoms with Crippen molar-refractivity contribution < 1.29 is 14.6 Å². The van der Waals surface area contributed by atoms with Crippen LogP contribution in [-0.2, 0) is 9.53 Å². The van der Waals surface area contributed by atoms with Gasteiger partial charge in [-0.05, 0) is 12.6 Å². The number of halogens is 1. The number of hydrogen-bond acceptors (Lipinski definition) is 4. The lowest BCUT2D eigenvalue weighted by Crippen LogP contribution is -2.51. The van der Waals surface area contributed by atoms with E-state index in [1.54, 1.807) is 7.05 Å². The SMILES string of the molecule is CNCC(=O)N1CCOCC1CC(O)c1ccccc1.Cl. The fraction of sp³-hybridized carbons (Fsp3) is 0.533. The molecule has 0 aliphatic carbocycles. The Morgan fingerprint density at radius 2 is 2.19 bits per heavy atom. The highest BCUT2D eigenvalue weighted by molar-refractivity contribution is 5.85. The van der Waals surface area contributed by atoms with Gasteiger partial charge in [-0.1, -0.05) is 30.3 Å². The topological polar surface area (TPSA) is 61.8 Å². The van der Waals surface area contributed by atoms with Gasteiger partial charge in [0.15, 0.2) is 0 Å². The molecule has 118 valence electrons. The van der Waals surface area contributed by atoms with E-state index in [1.165, 1.54) is 0 Å². The zero-order valence-electron chi connectivity index (χ0n) is 12.2. The molecule has 0 spiro atoms. The summed E-state index contributed by atoms with van der Waals surface area (Å²) in [4.78, 5) is 13.9. The third-order valence-corrected chi connectivity index (χ3v) is 3.56. The number of ether oxygens (including phenoxy) is 1. The second kappa shape index (κ2) is 9.00. The Balaban J connectivity index is 0.00000220. The van der Waals surface area contributed by atoms with Gasteiger partial charge in [0, 0.05) is 13.0 Å². The summed E-state index contributed by atoms with van der Waals surface area (Å²) in [6, 6.07) is 9.45. The lowest BCUT2D eigenvalue weighted by atomic mass is 10.0. The fourth-order valence-electron chi connectivity index (χ4n) is 2.50. The van der Waals surface area contributed by atoms with Crippen LogP contribution >= 0.6 is 12.4 Å². The van der Waals surface area contributed by atoms with Gasteiger partial charge in [-0.15, -0.1) is 12.4 Å². The Labute approximate surface area is 131 Å². The minimum atomic E-state index is -0.576. The first kappa shape index (κ1) is 17.9. The molecule has 0 bridgehead atoms. The molecule has 1 aromatic rings. The lowest BCUT2D eigenvalue weighted by molar-refractivity contribution is -0.140. The van der Waals surface area contributed by atoms with Crippen LogP contribution in [-0.4, -0.2) is 55.3 Å². The van der Waals surface area contributed by atoms with Gasteiger partial charge < -0.3 is 20.1 Å². The number of nitrogens with zero attached hydrogens (tertiary/aromatic N) is 1. The van der Waals surface area contributed by atoms with E-state index in [2.05, 4.69) is 5.32 Å². The van der Waals surface area contributed by atoms with Crippen molar-refractivity contribution in [2.45, 2.75) is 18.6 Å². The maximum Gasteiger partial charge on any atom is 0.236 e. The number of likely N-dealkylation sites (N-methyl/N-ethyl adjacent to an activating group) is 1. The van der Waals surface area contributed by atoms with Crippen LogP contribution in [0.5, 0.6) is 0 Å². The van der Waals surface area contributed by atoms with Gasteiger partial charge in [0.05, 0.1) is 31.9 Å². The molecule has 21 heavy (non-hydrogen) atoms. The molecule has 1 aliphatic heterocycles. The number of amides is 1. The quantitative estimate of drug-likeness (QED) is 0.850. The molecule has 0 aromatic heterocycles. The molecule has 1 saturated heterocycles. The predicted molar refractivity (Wildman–Crippen MR) is 83.5 cm³/mol. The Hall–Kier alpha value is -1.14. The third-order valence-electron chi connectivity index (χ3n) is 3.56. The molecule has 1 amide bonds. The summed E-state index contributed by atoms with van der Waals surface area (Å²) < 4.78 is 5.45. The highest BCUT2D eigenvalue weighted by atomic mass is 35.5. The summed E-state index contributed by atoms with van der Waals surface area (Å²) >= 11 is 0. The van der Waals surface area contributed by atoms with Gasteiger partial charge in [0.25, 0.3) is 0 Å². The van der Waals surface area contributed by atoms with Gasteiger partial charge >= 0.3 is 0 Å². The summed E-state index contributed by atoms with van der Waals surface area (Å²) in [7, 11) is 1.76. The lowest BCUT2D eigenvalue weighted by Gasteiger charge is -2.36. The van der Waals surface area contributed by atoms with Crippen LogP contribution in [0.25, 0.3) is 0 Å². The van der Waals surface area contributed by atoms with Crippen molar-refractivity contribution in [3.05, 3.63) is 35.9 Å². The largest absolute Gasteiger partial charge is 0.388 e. The van der Waals surface area contributed by atoms with E-state index >= 15 is 0 Å². The summed E-state index contributed by atoms with van der Waals surface area (Å²) in [5, 5.41) is 13.2. The van der Waals surface area contributed by atoms with Gasteiger partial charge in [-0.25, -0.2) is 0 Å². The van der Waals surface area contributed by atoms with Crippen LogP contribution in [0.1, 0.15) is 18.1 Å². The molecule has 0 saturated carbocycles. The van der Waals surface area contributed by atoms with Crippen molar-refractivity contribution >= 4 is 18.3 Å². The Kier molecular flexibility index (Phi) is 7.67. The average Bonchev–Trinajstić information content (AvgIpc) is 2.49. The number of morpholine rings is 1. The molecule has 2 rings (SSSR count). The van der Waals surface area contributed by atoms with Crippen LogP contribution < -0.4 is 5.32 Å². The molecule has 5 nitrogen and oxygen atoms in total. The van der Waals surface area contributed by atoms with E-state index in [-0.39, 0.29) is 24.4 Å². The highest BCUT2D eigenvalue weighted by Crippen LogP contribution is 2.22. The Bertz CT molecular complexity index is 430. The standard InChI is InChI=1S/C15H22N2O3.ClH/c1-16-10-15(19)17-7-8-20-11-13(17)9-14(18)12-5-3-2-4-6-12;/h2-6,13-14,16,18H,7-11H2,1H3;1H. The molecule has 2 N–H and O–H groups in total. The molecule has 0 radical (unpaired) electrons. The van der Waals surface area contributed by atoms with E-state index in [0.717, 1.165) is 5.56 Å². The van der Waals surface area contributed by atoms with E-state index in [4.69, 9.17) is 4.74 Å². The Morgan fingerprint density at radius 1 is 1.48 bits per heavy atom. The number of carbonyl (C=O) groups is 1. The van der Waals surface area contributed by atoms with Gasteiger partial charge in [-0.2, -0.15) is 0 Å². The van der Waals surface area contributed by atoms with Gasteiger partial charge in [0.1, 0.15) is 0 Å². The molecule has 2 unspecified atom stereocenters. The first-order chi connectivity index (χ1) is 9.72. The van der Waals surface area contributed by atoms with Crippen molar-refractivity contribution in [2.24, 2.45) is 0 Å². The third kappa shape index (κ3) is 4.97. The number of nitrogens with one attached hydrogen (secondary N) is 1. The molecule has 1 heterocycles. The minimum absolute atomic E-state index is 0. The van der Waals surface area contributed by atoms with E-state index in [1.807, 2.05) is 35.2 Å². The van der Waals surface area contributed by atoms with Crippen molar-refractivity contribution in [2.75, 3.05) is 33.4 Å². The highest BCUT2D eigenvalue weighted by Gasteiger charge is 2.28. The van der Waals surface area contributed by atoms with Crippen LogP contribution in [0.3, 0.4) is 0 Å². The van der Waals surface area contributed by atoms with E-state index in [0.29, 0.717) is 32.7 Å². The normalized spacial score (nSPS) is 19.7. The van der Waals surface area contributed by atoms with Crippen LogP contribution in [0.4, 0.5) is 0 Å². The monoisotopic (exact) mass is 314 g/mol. The maximum atomic E-state index is 12.1. The number of aliphatic hydroxyl groups is 1. The van der Waals surface area contributed by atoms with Crippen molar-refractivity contribution in [3.8, 4) is 0 Å².